The summed E-state index contributed by atoms with van der Waals surface area (Å²) in [4.78, 5) is 4.04. The van der Waals surface area contributed by atoms with Gasteiger partial charge in [-0.1, -0.05) is 48.0 Å². The molecule has 1 atom stereocenters. The van der Waals surface area contributed by atoms with Crippen molar-refractivity contribution in [1.29, 1.82) is 0 Å². The number of sulfonamides is 1. The Hall–Kier alpha value is -2.26. The second-order valence-electron chi connectivity index (χ2n) is 6.68. The zero-order valence-electron chi connectivity index (χ0n) is 16.0. The SMILES string of the molecule is O=S(=O)(CCc1ccccc1)NC[C@@H](c1cccnc1)S(=O)(=O)c1ccc(Cl)cc1. The van der Waals surface area contributed by atoms with Gasteiger partial charge in [0.05, 0.1) is 10.6 Å². The van der Waals surface area contributed by atoms with Gasteiger partial charge in [-0.2, -0.15) is 0 Å². The van der Waals surface area contributed by atoms with Gasteiger partial charge >= 0.3 is 0 Å². The Morgan fingerprint density at radius 1 is 0.900 bits per heavy atom. The summed E-state index contributed by atoms with van der Waals surface area (Å²) < 4.78 is 53.9. The summed E-state index contributed by atoms with van der Waals surface area (Å²) in [5, 5.41) is -0.715. The summed E-state index contributed by atoms with van der Waals surface area (Å²) in [5.74, 6) is -0.141. The number of rotatable bonds is 9. The number of hydrogen-bond donors (Lipinski definition) is 1. The van der Waals surface area contributed by atoms with Crippen LogP contribution in [-0.2, 0) is 26.3 Å². The largest absolute Gasteiger partial charge is 0.264 e. The molecule has 1 heterocycles. The van der Waals surface area contributed by atoms with E-state index in [2.05, 4.69) is 9.71 Å². The van der Waals surface area contributed by atoms with Crippen LogP contribution in [0.4, 0.5) is 0 Å². The molecule has 0 saturated carbocycles. The molecule has 0 radical (unpaired) electrons. The number of aryl methyl sites for hydroxylation is 1. The molecule has 0 aliphatic rings. The second kappa shape index (κ2) is 9.70. The molecule has 1 N–H and O–H groups in total. The predicted octanol–water partition coefficient (Wildman–Crippen LogP) is 3.41. The first kappa shape index (κ1) is 22.4. The van der Waals surface area contributed by atoms with Crippen LogP contribution in [0.5, 0.6) is 0 Å². The molecule has 0 bridgehead atoms. The number of pyridine rings is 1. The Morgan fingerprint density at radius 2 is 1.60 bits per heavy atom. The van der Waals surface area contributed by atoms with Crippen LogP contribution in [0.15, 0.2) is 84.0 Å². The van der Waals surface area contributed by atoms with Crippen LogP contribution in [0.3, 0.4) is 0 Å². The standard InChI is InChI=1S/C21H21ClN2O4S2/c22-19-8-10-20(11-9-19)30(27,28)21(18-7-4-13-23-15-18)16-24-29(25,26)14-12-17-5-2-1-3-6-17/h1-11,13,15,21,24H,12,14,16H2/t21-/m0/s1. The minimum absolute atomic E-state index is 0.0595. The fourth-order valence-electron chi connectivity index (χ4n) is 2.93. The quantitative estimate of drug-likeness (QED) is 0.523. The maximum atomic E-state index is 13.2. The maximum absolute atomic E-state index is 13.2. The Balaban J connectivity index is 1.80. The Kier molecular flexibility index (Phi) is 7.25. The first-order chi connectivity index (χ1) is 14.3. The molecule has 3 rings (SSSR count). The van der Waals surface area contributed by atoms with Gasteiger partial charge in [-0.05, 0) is 47.9 Å². The lowest BCUT2D eigenvalue weighted by Crippen LogP contribution is -2.34. The van der Waals surface area contributed by atoms with E-state index in [0.29, 0.717) is 17.0 Å². The van der Waals surface area contributed by atoms with Crippen LogP contribution in [-0.4, -0.2) is 34.1 Å². The summed E-state index contributed by atoms with van der Waals surface area (Å²) in [6.07, 6.45) is 3.29. The number of aromatic nitrogens is 1. The van der Waals surface area contributed by atoms with Crippen molar-refractivity contribution in [2.75, 3.05) is 12.3 Å². The second-order valence-corrected chi connectivity index (χ2v) is 11.2. The normalized spacial score (nSPS) is 13.1. The average molecular weight is 465 g/mol. The molecule has 9 heteroatoms. The molecular formula is C21H21ClN2O4S2. The van der Waals surface area contributed by atoms with Gasteiger partial charge in [-0.3, -0.25) is 4.98 Å². The maximum Gasteiger partial charge on any atom is 0.211 e. The molecule has 0 unspecified atom stereocenters. The fourth-order valence-corrected chi connectivity index (χ4v) is 5.88. The number of benzene rings is 2. The molecule has 0 spiro atoms. The lowest BCUT2D eigenvalue weighted by Gasteiger charge is -2.19. The monoisotopic (exact) mass is 464 g/mol. The summed E-state index contributed by atoms with van der Waals surface area (Å²) in [5.41, 5.74) is 1.29. The van der Waals surface area contributed by atoms with Gasteiger partial charge in [0.2, 0.25) is 10.0 Å². The molecule has 6 nitrogen and oxygen atoms in total. The van der Waals surface area contributed by atoms with E-state index in [9.17, 15) is 16.8 Å². The molecular weight excluding hydrogens is 444 g/mol. The fraction of sp³-hybridized carbons (Fsp3) is 0.190. The molecule has 0 saturated heterocycles. The van der Waals surface area contributed by atoms with Crippen LogP contribution in [0.1, 0.15) is 16.4 Å². The highest BCUT2D eigenvalue weighted by Crippen LogP contribution is 2.29. The molecule has 0 fully saturated rings. The van der Waals surface area contributed by atoms with Crippen LogP contribution in [0, 0.1) is 0 Å². The number of nitrogens with zero attached hydrogens (tertiary/aromatic N) is 1. The van der Waals surface area contributed by atoms with Gasteiger partial charge in [0.1, 0.15) is 5.25 Å². The van der Waals surface area contributed by atoms with Gasteiger partial charge in [-0.25, -0.2) is 21.6 Å². The third-order valence-corrected chi connectivity index (χ3v) is 8.28. The lowest BCUT2D eigenvalue weighted by molar-refractivity contribution is 0.568. The smallest absolute Gasteiger partial charge is 0.211 e. The summed E-state index contributed by atoms with van der Waals surface area (Å²) >= 11 is 5.87. The van der Waals surface area contributed by atoms with Crippen LogP contribution >= 0.6 is 11.6 Å². The predicted molar refractivity (Wildman–Crippen MR) is 118 cm³/mol. The highest BCUT2D eigenvalue weighted by molar-refractivity contribution is 7.92. The van der Waals surface area contributed by atoms with Crippen molar-refractivity contribution in [3.05, 3.63) is 95.3 Å². The summed E-state index contributed by atoms with van der Waals surface area (Å²) in [6.45, 7) is -0.298. The van der Waals surface area contributed by atoms with E-state index in [4.69, 9.17) is 11.6 Å². The first-order valence-corrected chi connectivity index (χ1v) is 12.8. The van der Waals surface area contributed by atoms with Gasteiger partial charge in [0, 0.05) is 24.0 Å². The van der Waals surface area contributed by atoms with Crippen LogP contribution in [0.2, 0.25) is 5.02 Å². The third kappa shape index (κ3) is 5.89. The summed E-state index contributed by atoms with van der Waals surface area (Å²) in [6, 6.07) is 18.2. The van der Waals surface area contributed by atoms with Crippen molar-refractivity contribution >= 4 is 31.5 Å². The van der Waals surface area contributed by atoms with Gasteiger partial charge in [0.25, 0.3) is 0 Å². The van der Waals surface area contributed by atoms with Crippen molar-refractivity contribution in [2.45, 2.75) is 16.6 Å². The summed E-state index contributed by atoms with van der Waals surface area (Å²) in [7, 11) is -7.57. The van der Waals surface area contributed by atoms with Crippen molar-refractivity contribution in [2.24, 2.45) is 0 Å². The molecule has 0 amide bonds. The van der Waals surface area contributed by atoms with Crippen molar-refractivity contribution in [3.63, 3.8) is 0 Å². The molecule has 1 aromatic heterocycles. The molecule has 2 aromatic carbocycles. The minimum atomic E-state index is -3.89. The average Bonchev–Trinajstić information content (AvgIpc) is 2.74. The van der Waals surface area contributed by atoms with Crippen molar-refractivity contribution in [1.82, 2.24) is 9.71 Å². The van der Waals surface area contributed by atoms with Crippen molar-refractivity contribution in [3.8, 4) is 0 Å². The van der Waals surface area contributed by atoms with Crippen LogP contribution < -0.4 is 4.72 Å². The third-order valence-electron chi connectivity index (χ3n) is 4.56. The van der Waals surface area contributed by atoms with E-state index in [1.807, 2.05) is 30.3 Å². The number of nitrogens with one attached hydrogen (secondary N) is 1. The van der Waals surface area contributed by atoms with Gasteiger partial charge in [-0.15, -0.1) is 0 Å². The Labute approximate surface area is 181 Å². The number of sulfone groups is 1. The molecule has 158 valence electrons. The van der Waals surface area contributed by atoms with Gasteiger partial charge in [0.15, 0.2) is 9.84 Å². The lowest BCUT2D eigenvalue weighted by atomic mass is 10.2. The zero-order valence-corrected chi connectivity index (χ0v) is 18.4. The Morgan fingerprint density at radius 3 is 2.23 bits per heavy atom. The molecule has 0 aliphatic carbocycles. The van der Waals surface area contributed by atoms with Gasteiger partial charge < -0.3 is 0 Å². The van der Waals surface area contributed by atoms with Crippen molar-refractivity contribution < 1.29 is 16.8 Å². The number of halogens is 1. The topological polar surface area (TPSA) is 93.2 Å². The van der Waals surface area contributed by atoms with E-state index >= 15 is 0 Å². The van der Waals surface area contributed by atoms with E-state index in [1.165, 1.54) is 36.7 Å². The van der Waals surface area contributed by atoms with E-state index in [-0.39, 0.29) is 17.2 Å². The minimum Gasteiger partial charge on any atom is -0.264 e. The highest BCUT2D eigenvalue weighted by Gasteiger charge is 2.30. The van der Waals surface area contributed by atoms with E-state index in [1.54, 1.807) is 12.1 Å². The molecule has 0 aliphatic heterocycles. The highest BCUT2D eigenvalue weighted by atomic mass is 35.5. The molecule has 30 heavy (non-hydrogen) atoms. The van der Waals surface area contributed by atoms with E-state index in [0.717, 1.165) is 5.56 Å². The van der Waals surface area contributed by atoms with E-state index < -0.39 is 25.1 Å². The zero-order chi connectivity index (χ0) is 21.6. The number of hydrogen-bond acceptors (Lipinski definition) is 5. The Bertz CT molecular complexity index is 1170. The first-order valence-electron chi connectivity index (χ1n) is 9.18. The van der Waals surface area contributed by atoms with Crippen LogP contribution in [0.25, 0.3) is 0 Å². The molecule has 3 aromatic rings.